The van der Waals surface area contributed by atoms with Gasteiger partial charge >= 0.3 is 0 Å². The van der Waals surface area contributed by atoms with E-state index in [0.717, 1.165) is 66.4 Å². The fourth-order valence-corrected chi connectivity index (χ4v) is 6.87. The summed E-state index contributed by atoms with van der Waals surface area (Å²) < 4.78 is 1.98. The number of hydrogen-bond donors (Lipinski definition) is 2. The van der Waals surface area contributed by atoms with Crippen molar-refractivity contribution in [3.63, 3.8) is 0 Å². The van der Waals surface area contributed by atoms with Crippen molar-refractivity contribution in [2.24, 2.45) is 29.6 Å². The number of aliphatic imine (C=N–C) groups is 1. The maximum absolute atomic E-state index is 13.4. The van der Waals surface area contributed by atoms with E-state index >= 15 is 0 Å². The molecule has 1 saturated heterocycles. The van der Waals surface area contributed by atoms with Gasteiger partial charge in [0.1, 0.15) is 0 Å². The van der Waals surface area contributed by atoms with E-state index in [0.29, 0.717) is 34.9 Å². The van der Waals surface area contributed by atoms with Crippen LogP contribution < -0.4 is 11.1 Å². The lowest BCUT2D eigenvalue weighted by Gasteiger charge is -2.34. The molecular formula is C27H36Cl2N6OS. The largest absolute Gasteiger partial charge is 0.361 e. The third-order valence-electron chi connectivity index (χ3n) is 7.41. The number of hydrogen-bond acceptors (Lipinski definition) is 5. The second-order valence-electron chi connectivity index (χ2n) is 9.89. The van der Waals surface area contributed by atoms with Crippen LogP contribution in [0.15, 0.2) is 51.8 Å². The average molecular weight is 564 g/mol. The highest BCUT2D eigenvalue weighted by Gasteiger charge is 2.31. The fourth-order valence-electron chi connectivity index (χ4n) is 5.25. The summed E-state index contributed by atoms with van der Waals surface area (Å²) >= 11 is 14.2. The highest BCUT2D eigenvalue weighted by atomic mass is 35.5. The molecule has 1 amide bonds. The molecule has 1 aliphatic carbocycles. The molecule has 0 spiro atoms. The van der Waals surface area contributed by atoms with E-state index in [9.17, 15) is 4.79 Å². The van der Waals surface area contributed by atoms with E-state index in [1.807, 2.05) is 22.7 Å². The summed E-state index contributed by atoms with van der Waals surface area (Å²) in [6, 6.07) is 0.0354. The second kappa shape index (κ2) is 12.7. The number of nitrogens with zero attached hydrogens (tertiary/aromatic N) is 4. The number of likely N-dealkylation sites (tertiary alicyclic amines) is 1. The minimum Gasteiger partial charge on any atom is -0.361 e. The van der Waals surface area contributed by atoms with Crippen molar-refractivity contribution in [2.75, 3.05) is 25.4 Å². The van der Waals surface area contributed by atoms with Gasteiger partial charge in [0.05, 0.1) is 27.7 Å². The standard InChI is InChI=1S/C27H36Cl2N6OS/c1-4-31-25(26-32-15-23(34(26)3)24-22(29)13-19(28)16-37-24)33-20-6-5-7-21(17(2)12-20)27(36)35-10-8-18(14-30)9-11-35/h4,12-13,15,18,20-21H,1,5-11,14,16,30H2,2-3H3,(H,31,33). The Hall–Kier alpha value is -2.00. The summed E-state index contributed by atoms with van der Waals surface area (Å²) in [5, 5.41) is 4.90. The molecule has 200 valence electrons. The van der Waals surface area contributed by atoms with Crippen molar-refractivity contribution in [2.45, 2.75) is 45.1 Å². The van der Waals surface area contributed by atoms with Gasteiger partial charge in [-0.2, -0.15) is 0 Å². The number of carbonyl (C=O) groups excluding carboxylic acids is 1. The number of nitrogens with two attached hydrogens (primary N) is 1. The predicted octanol–water partition coefficient (Wildman–Crippen LogP) is 4.99. The first-order valence-electron chi connectivity index (χ1n) is 12.9. The van der Waals surface area contributed by atoms with Gasteiger partial charge < -0.3 is 20.5 Å². The normalized spacial score (nSPS) is 23.9. The van der Waals surface area contributed by atoms with Crippen molar-refractivity contribution < 1.29 is 4.79 Å². The van der Waals surface area contributed by atoms with E-state index in [4.69, 9.17) is 28.9 Å². The molecule has 0 saturated carbocycles. The van der Waals surface area contributed by atoms with Crippen LogP contribution in [0.25, 0.3) is 4.91 Å². The first-order valence-corrected chi connectivity index (χ1v) is 14.6. The molecule has 37 heavy (non-hydrogen) atoms. The number of amidine groups is 1. The molecule has 10 heteroatoms. The first-order chi connectivity index (χ1) is 17.8. The Morgan fingerprint density at radius 1 is 1.32 bits per heavy atom. The van der Waals surface area contributed by atoms with Crippen molar-refractivity contribution in [3.8, 4) is 0 Å². The van der Waals surface area contributed by atoms with Crippen molar-refractivity contribution in [1.29, 1.82) is 0 Å². The molecule has 1 fully saturated rings. The zero-order chi connectivity index (χ0) is 26.5. The topological polar surface area (TPSA) is 88.5 Å². The lowest BCUT2D eigenvalue weighted by molar-refractivity contribution is -0.135. The number of aromatic nitrogens is 2. The molecule has 2 atom stereocenters. The smallest absolute Gasteiger partial charge is 0.229 e. The summed E-state index contributed by atoms with van der Waals surface area (Å²) in [5.41, 5.74) is 7.84. The molecule has 1 aromatic rings. The summed E-state index contributed by atoms with van der Waals surface area (Å²) in [6.07, 6.45) is 12.0. The number of nitrogens with one attached hydrogen (secondary N) is 1. The monoisotopic (exact) mass is 562 g/mol. The van der Waals surface area contributed by atoms with E-state index in [1.165, 1.54) is 6.20 Å². The molecule has 2 aliphatic heterocycles. The Morgan fingerprint density at radius 2 is 2.08 bits per heavy atom. The van der Waals surface area contributed by atoms with Gasteiger partial charge in [-0.1, -0.05) is 41.4 Å². The van der Waals surface area contributed by atoms with Crippen LogP contribution in [0.5, 0.6) is 0 Å². The van der Waals surface area contributed by atoms with Crippen LogP contribution in [0, 0.1) is 11.8 Å². The quantitative estimate of drug-likeness (QED) is 0.289. The molecule has 0 aromatic carbocycles. The molecular weight excluding hydrogens is 527 g/mol. The Morgan fingerprint density at radius 3 is 2.76 bits per heavy atom. The Bertz CT molecular complexity index is 1150. The maximum Gasteiger partial charge on any atom is 0.229 e. The fraction of sp³-hybridized carbons (Fsp3) is 0.519. The molecule has 7 nitrogen and oxygen atoms in total. The van der Waals surface area contributed by atoms with Crippen LogP contribution in [0.4, 0.5) is 0 Å². The van der Waals surface area contributed by atoms with Crippen LogP contribution in [-0.2, 0) is 11.8 Å². The van der Waals surface area contributed by atoms with Crippen molar-refractivity contribution >= 4 is 51.6 Å². The number of amides is 1. The molecule has 2 unspecified atom stereocenters. The summed E-state index contributed by atoms with van der Waals surface area (Å²) in [4.78, 5) is 25.5. The van der Waals surface area contributed by atoms with Gasteiger partial charge in [-0.25, -0.2) is 9.98 Å². The number of imidazole rings is 1. The molecule has 4 rings (SSSR count). The zero-order valence-corrected chi connectivity index (χ0v) is 23.9. The highest BCUT2D eigenvalue weighted by Crippen LogP contribution is 2.39. The van der Waals surface area contributed by atoms with Crippen LogP contribution in [-0.4, -0.2) is 57.6 Å². The van der Waals surface area contributed by atoms with Gasteiger partial charge in [-0.05, 0) is 57.6 Å². The number of allylic oxidation sites excluding steroid dienone is 2. The van der Waals surface area contributed by atoms with Crippen LogP contribution >= 0.6 is 35.0 Å². The summed E-state index contributed by atoms with van der Waals surface area (Å²) in [6.45, 7) is 8.21. The third-order valence-corrected chi connectivity index (χ3v) is 9.39. The van der Waals surface area contributed by atoms with E-state index in [2.05, 4.69) is 34.9 Å². The van der Waals surface area contributed by atoms with Gasteiger partial charge in [0, 0.05) is 43.2 Å². The van der Waals surface area contributed by atoms with Crippen LogP contribution in [0.1, 0.15) is 50.5 Å². The molecule has 0 bridgehead atoms. The predicted molar refractivity (Wildman–Crippen MR) is 155 cm³/mol. The minimum absolute atomic E-state index is 0.0354. The van der Waals surface area contributed by atoms with Gasteiger partial charge in [-0.3, -0.25) is 4.79 Å². The average Bonchev–Trinajstić information content (AvgIpc) is 3.16. The van der Waals surface area contributed by atoms with Crippen LogP contribution in [0.3, 0.4) is 0 Å². The van der Waals surface area contributed by atoms with E-state index < -0.39 is 0 Å². The molecule has 0 radical (unpaired) electrons. The van der Waals surface area contributed by atoms with E-state index in [-0.39, 0.29) is 17.9 Å². The van der Waals surface area contributed by atoms with Crippen molar-refractivity contribution in [3.05, 3.63) is 58.3 Å². The molecule has 3 heterocycles. The number of halogens is 2. The lowest BCUT2D eigenvalue weighted by Crippen LogP contribution is -2.43. The highest BCUT2D eigenvalue weighted by molar-refractivity contribution is 8.08. The van der Waals surface area contributed by atoms with E-state index in [1.54, 1.807) is 17.8 Å². The second-order valence-corrected chi connectivity index (χ2v) is 11.8. The third kappa shape index (κ3) is 6.53. The maximum atomic E-state index is 13.4. The molecule has 3 N–H and O–H groups in total. The van der Waals surface area contributed by atoms with Crippen LogP contribution in [0.2, 0.25) is 0 Å². The number of carbonyl (C=O) groups is 1. The summed E-state index contributed by atoms with van der Waals surface area (Å²) in [7, 11) is 1.95. The van der Waals surface area contributed by atoms with Gasteiger partial charge in [0.15, 0.2) is 11.7 Å². The zero-order valence-electron chi connectivity index (χ0n) is 21.6. The number of rotatable bonds is 6. The van der Waals surface area contributed by atoms with Gasteiger partial charge in [-0.15, -0.1) is 11.8 Å². The first kappa shape index (κ1) is 28.0. The Labute approximate surface area is 233 Å². The Kier molecular flexibility index (Phi) is 9.62. The van der Waals surface area contributed by atoms with Gasteiger partial charge in [0.2, 0.25) is 5.91 Å². The Balaban J connectivity index is 1.50. The molecule has 1 aromatic heterocycles. The van der Waals surface area contributed by atoms with Crippen molar-refractivity contribution in [1.82, 2.24) is 19.8 Å². The molecule has 3 aliphatic rings. The summed E-state index contributed by atoms with van der Waals surface area (Å²) in [5.74, 6) is 2.73. The minimum atomic E-state index is -0.0712. The lowest BCUT2D eigenvalue weighted by atomic mass is 9.92. The number of piperidine rings is 1. The number of thioether (sulfide) groups is 1. The SMILES string of the molecule is C=C/N=C(/NC1C=C(C)C(C(=O)N2CCC(CN)CC2)CCC1)c1ncc(C2=C(Cl)C=C(Cl)CS2)n1C. The van der Waals surface area contributed by atoms with Gasteiger partial charge in [0.25, 0.3) is 0 Å².